The SMILES string of the molecule is COc1ccc2c(c1)OC(C(=O)O)Oc1c(Cl)cccc1C2. The maximum Gasteiger partial charge on any atom is 0.387 e. The highest BCUT2D eigenvalue weighted by atomic mass is 35.5. The summed E-state index contributed by atoms with van der Waals surface area (Å²) in [5.41, 5.74) is 1.63. The number of aliphatic carboxylic acids is 1. The number of hydrogen-bond donors (Lipinski definition) is 1. The van der Waals surface area contributed by atoms with Crippen molar-refractivity contribution in [3.05, 3.63) is 52.5 Å². The number of benzene rings is 2. The minimum Gasteiger partial charge on any atom is -0.497 e. The van der Waals surface area contributed by atoms with Gasteiger partial charge in [0.25, 0.3) is 0 Å². The molecule has 0 fully saturated rings. The highest BCUT2D eigenvalue weighted by molar-refractivity contribution is 6.32. The van der Waals surface area contributed by atoms with Crippen molar-refractivity contribution in [2.75, 3.05) is 7.11 Å². The van der Waals surface area contributed by atoms with Crippen molar-refractivity contribution in [3.63, 3.8) is 0 Å². The molecule has 1 N–H and O–H groups in total. The zero-order valence-corrected chi connectivity index (χ0v) is 12.5. The zero-order valence-electron chi connectivity index (χ0n) is 11.7. The van der Waals surface area contributed by atoms with Gasteiger partial charge < -0.3 is 19.3 Å². The van der Waals surface area contributed by atoms with Crippen LogP contribution < -0.4 is 14.2 Å². The van der Waals surface area contributed by atoms with Gasteiger partial charge in [-0.3, -0.25) is 0 Å². The molecule has 1 heterocycles. The predicted octanol–water partition coefficient (Wildman–Crippen LogP) is 3.12. The van der Waals surface area contributed by atoms with E-state index in [-0.39, 0.29) is 0 Å². The molecule has 0 saturated heterocycles. The minimum atomic E-state index is -1.48. The van der Waals surface area contributed by atoms with E-state index >= 15 is 0 Å². The molecular weight excluding hydrogens is 308 g/mol. The summed E-state index contributed by atoms with van der Waals surface area (Å²) in [7, 11) is 1.53. The number of carbonyl (C=O) groups is 1. The Hall–Kier alpha value is -2.40. The van der Waals surface area contributed by atoms with Crippen LogP contribution in [0.5, 0.6) is 17.2 Å². The predicted molar refractivity (Wildman–Crippen MR) is 79.9 cm³/mol. The number of fused-ring (bicyclic) bond motifs is 2. The van der Waals surface area contributed by atoms with Crippen LogP contribution >= 0.6 is 11.6 Å². The lowest BCUT2D eigenvalue weighted by atomic mass is 10.0. The molecule has 0 saturated carbocycles. The van der Waals surface area contributed by atoms with Crippen molar-refractivity contribution < 1.29 is 24.1 Å². The van der Waals surface area contributed by atoms with Gasteiger partial charge in [0.05, 0.1) is 12.1 Å². The zero-order chi connectivity index (χ0) is 15.7. The fourth-order valence-electron chi connectivity index (χ4n) is 2.29. The molecule has 5 nitrogen and oxygen atoms in total. The molecule has 0 aromatic heterocycles. The second-order valence-corrected chi connectivity index (χ2v) is 5.19. The van der Waals surface area contributed by atoms with E-state index in [1.54, 1.807) is 24.3 Å². The monoisotopic (exact) mass is 320 g/mol. The number of ether oxygens (including phenoxy) is 3. The molecule has 2 aromatic rings. The number of para-hydroxylation sites is 1. The van der Waals surface area contributed by atoms with E-state index in [0.717, 1.165) is 11.1 Å². The molecular formula is C16H13ClO5. The van der Waals surface area contributed by atoms with Gasteiger partial charge in [0.15, 0.2) is 0 Å². The molecule has 0 bridgehead atoms. The number of halogens is 1. The first-order valence-corrected chi connectivity index (χ1v) is 6.96. The van der Waals surface area contributed by atoms with Crippen LogP contribution in [0.1, 0.15) is 11.1 Å². The van der Waals surface area contributed by atoms with Gasteiger partial charge in [0.2, 0.25) is 0 Å². The number of carboxylic acids is 1. The fourth-order valence-corrected chi connectivity index (χ4v) is 2.53. The Bertz CT molecular complexity index is 728. The second kappa shape index (κ2) is 5.77. The van der Waals surface area contributed by atoms with E-state index in [1.807, 2.05) is 12.1 Å². The van der Waals surface area contributed by atoms with Crippen molar-refractivity contribution in [1.82, 2.24) is 0 Å². The minimum absolute atomic E-state index is 0.332. The molecule has 2 aromatic carbocycles. The Morgan fingerprint density at radius 2 is 2.09 bits per heavy atom. The van der Waals surface area contributed by atoms with E-state index in [0.29, 0.717) is 28.7 Å². The van der Waals surface area contributed by atoms with Crippen molar-refractivity contribution in [3.8, 4) is 17.2 Å². The third-order valence-electron chi connectivity index (χ3n) is 3.36. The quantitative estimate of drug-likeness (QED) is 0.921. The Balaban J connectivity index is 2.13. The van der Waals surface area contributed by atoms with Gasteiger partial charge in [-0.25, -0.2) is 4.79 Å². The van der Waals surface area contributed by atoms with Gasteiger partial charge in [-0.1, -0.05) is 29.8 Å². The van der Waals surface area contributed by atoms with Crippen LogP contribution in [0.2, 0.25) is 5.02 Å². The van der Waals surface area contributed by atoms with Gasteiger partial charge in [0.1, 0.15) is 17.2 Å². The van der Waals surface area contributed by atoms with E-state index in [9.17, 15) is 9.90 Å². The van der Waals surface area contributed by atoms with Crippen LogP contribution in [0.4, 0.5) is 0 Å². The van der Waals surface area contributed by atoms with Gasteiger partial charge >= 0.3 is 12.3 Å². The molecule has 0 spiro atoms. The van der Waals surface area contributed by atoms with Crippen LogP contribution in [0.15, 0.2) is 36.4 Å². The van der Waals surface area contributed by atoms with Crippen LogP contribution in [-0.4, -0.2) is 24.5 Å². The highest BCUT2D eigenvalue weighted by Crippen LogP contribution is 2.37. The number of carboxylic acid groups (broad SMARTS) is 1. The maximum atomic E-state index is 11.4. The Kier molecular flexibility index (Phi) is 3.81. The number of methoxy groups -OCH3 is 1. The molecule has 22 heavy (non-hydrogen) atoms. The molecule has 1 aliphatic rings. The van der Waals surface area contributed by atoms with Crippen molar-refractivity contribution >= 4 is 17.6 Å². The maximum absolute atomic E-state index is 11.4. The normalized spacial score (nSPS) is 16.2. The van der Waals surface area contributed by atoms with Crippen molar-refractivity contribution in [2.24, 2.45) is 0 Å². The molecule has 0 aliphatic carbocycles. The summed E-state index contributed by atoms with van der Waals surface area (Å²) in [6.45, 7) is 0. The van der Waals surface area contributed by atoms with E-state index in [4.69, 9.17) is 25.8 Å². The third-order valence-corrected chi connectivity index (χ3v) is 3.66. The Morgan fingerprint density at radius 1 is 1.27 bits per heavy atom. The summed E-state index contributed by atoms with van der Waals surface area (Å²) in [5, 5.41) is 9.65. The molecule has 1 aliphatic heterocycles. The largest absolute Gasteiger partial charge is 0.497 e. The van der Waals surface area contributed by atoms with Crippen LogP contribution in [0.3, 0.4) is 0 Å². The third kappa shape index (κ3) is 2.67. The Morgan fingerprint density at radius 3 is 2.82 bits per heavy atom. The van der Waals surface area contributed by atoms with Crippen molar-refractivity contribution in [1.29, 1.82) is 0 Å². The number of hydrogen-bond acceptors (Lipinski definition) is 4. The van der Waals surface area contributed by atoms with E-state index in [2.05, 4.69) is 0 Å². The first kappa shape index (κ1) is 14.5. The molecule has 0 radical (unpaired) electrons. The fraction of sp³-hybridized carbons (Fsp3) is 0.188. The summed E-state index contributed by atoms with van der Waals surface area (Å²) in [5.74, 6) is 0.0896. The average Bonchev–Trinajstić information content (AvgIpc) is 2.48. The van der Waals surface area contributed by atoms with Gasteiger partial charge in [-0.15, -0.1) is 0 Å². The topological polar surface area (TPSA) is 65.0 Å². The summed E-state index contributed by atoms with van der Waals surface area (Å²) in [4.78, 5) is 11.4. The lowest BCUT2D eigenvalue weighted by molar-refractivity contribution is -0.158. The first-order chi connectivity index (χ1) is 10.6. The van der Waals surface area contributed by atoms with Gasteiger partial charge in [0, 0.05) is 18.1 Å². The summed E-state index contributed by atoms with van der Waals surface area (Å²) >= 11 is 6.12. The van der Waals surface area contributed by atoms with Crippen LogP contribution in [0.25, 0.3) is 0 Å². The van der Waals surface area contributed by atoms with Crippen molar-refractivity contribution in [2.45, 2.75) is 12.7 Å². The van der Waals surface area contributed by atoms with Crippen LogP contribution in [-0.2, 0) is 11.2 Å². The summed E-state index contributed by atoms with van der Waals surface area (Å²) in [6.07, 6.45) is -0.966. The van der Waals surface area contributed by atoms with Crippen LogP contribution in [0, 0.1) is 0 Å². The number of rotatable bonds is 2. The van der Waals surface area contributed by atoms with E-state index in [1.165, 1.54) is 7.11 Å². The van der Waals surface area contributed by atoms with Gasteiger partial charge in [-0.2, -0.15) is 0 Å². The molecule has 114 valence electrons. The molecule has 1 unspecified atom stereocenters. The first-order valence-electron chi connectivity index (χ1n) is 6.59. The lowest BCUT2D eigenvalue weighted by Gasteiger charge is -2.24. The summed E-state index contributed by atoms with van der Waals surface area (Å²) in [6, 6.07) is 10.6. The molecule has 3 rings (SSSR count). The molecule has 0 amide bonds. The second-order valence-electron chi connectivity index (χ2n) is 4.78. The Labute approximate surface area is 132 Å². The van der Waals surface area contributed by atoms with Gasteiger partial charge in [-0.05, 0) is 17.7 Å². The molecule has 6 heteroatoms. The highest BCUT2D eigenvalue weighted by Gasteiger charge is 2.28. The molecule has 1 atom stereocenters. The standard InChI is InChI=1S/C16H13ClO5/c1-20-11-6-5-9-7-10-3-2-4-12(17)14(10)22-16(15(18)19)21-13(9)8-11/h2-6,8,16H,7H2,1H3,(H,18,19). The summed E-state index contributed by atoms with van der Waals surface area (Å²) < 4.78 is 16.1. The smallest absolute Gasteiger partial charge is 0.387 e. The van der Waals surface area contributed by atoms with E-state index < -0.39 is 12.3 Å². The lowest BCUT2D eigenvalue weighted by Crippen LogP contribution is -2.34. The average molecular weight is 321 g/mol.